The van der Waals surface area contributed by atoms with Crippen molar-refractivity contribution >= 4 is 11.5 Å². The summed E-state index contributed by atoms with van der Waals surface area (Å²) in [4.78, 5) is 17.9. The molecule has 4 N–H and O–H groups in total. The van der Waals surface area contributed by atoms with E-state index >= 15 is 0 Å². The Morgan fingerprint density at radius 2 is 1.86 bits per heavy atom. The predicted octanol–water partition coefficient (Wildman–Crippen LogP) is 4.89. The number of hydrogen-bond acceptors (Lipinski definition) is 6. The predicted molar refractivity (Wildman–Crippen MR) is 138 cm³/mol. The topological polar surface area (TPSA) is 110 Å². The lowest BCUT2D eigenvalue weighted by Crippen LogP contribution is -2.26. The van der Waals surface area contributed by atoms with Gasteiger partial charge in [0.25, 0.3) is 0 Å². The molecule has 4 aromatic rings. The van der Waals surface area contributed by atoms with Crippen molar-refractivity contribution < 1.29 is 0 Å². The van der Waals surface area contributed by atoms with Crippen LogP contribution in [0.3, 0.4) is 0 Å². The van der Waals surface area contributed by atoms with Gasteiger partial charge < -0.3 is 16.0 Å². The molecule has 2 fully saturated rings. The van der Waals surface area contributed by atoms with Gasteiger partial charge in [0.2, 0.25) is 0 Å². The molecule has 4 aromatic heterocycles. The highest BCUT2D eigenvalue weighted by Gasteiger charge is 2.34. The van der Waals surface area contributed by atoms with Crippen LogP contribution in [-0.2, 0) is 0 Å². The van der Waals surface area contributed by atoms with E-state index in [0.29, 0.717) is 17.9 Å². The highest BCUT2D eigenvalue weighted by atomic mass is 15.3. The Bertz CT molecular complexity index is 1340. The van der Waals surface area contributed by atoms with Gasteiger partial charge in [0.1, 0.15) is 11.5 Å². The Labute approximate surface area is 205 Å². The van der Waals surface area contributed by atoms with Gasteiger partial charge in [-0.25, -0.2) is 9.97 Å². The molecule has 0 radical (unpaired) electrons. The molecule has 0 aliphatic heterocycles. The molecular weight excluding hydrogens is 436 g/mol. The van der Waals surface area contributed by atoms with Crippen molar-refractivity contribution in [3.8, 4) is 22.6 Å². The van der Waals surface area contributed by atoms with E-state index in [9.17, 15) is 0 Å². The number of nitrogens with zero attached hydrogens (tertiary/aromatic N) is 5. The molecule has 0 unspecified atom stereocenters. The van der Waals surface area contributed by atoms with Crippen LogP contribution in [0, 0.1) is 13.8 Å². The van der Waals surface area contributed by atoms with Crippen LogP contribution in [0.2, 0.25) is 0 Å². The highest BCUT2D eigenvalue weighted by Crippen LogP contribution is 2.48. The molecule has 0 amide bonds. The number of hydrogen-bond donors (Lipinski definition) is 3. The average molecular weight is 471 g/mol. The van der Waals surface area contributed by atoms with Gasteiger partial charge in [-0.15, -0.1) is 0 Å². The smallest absolute Gasteiger partial charge is 0.165 e. The fraction of sp³-hybridized carbons (Fsp3) is 0.481. The Morgan fingerprint density at radius 3 is 2.54 bits per heavy atom. The Balaban J connectivity index is 1.42. The summed E-state index contributed by atoms with van der Waals surface area (Å²) < 4.78 is 1.84. The van der Waals surface area contributed by atoms with Crippen LogP contribution in [0.5, 0.6) is 0 Å². The second-order valence-electron chi connectivity index (χ2n) is 10.3. The molecule has 0 saturated heterocycles. The summed E-state index contributed by atoms with van der Waals surface area (Å²) in [7, 11) is 2.08. The van der Waals surface area contributed by atoms with E-state index in [4.69, 9.17) is 15.7 Å². The van der Waals surface area contributed by atoms with E-state index in [1.807, 2.05) is 36.8 Å². The van der Waals surface area contributed by atoms with E-state index in [1.165, 1.54) is 49.8 Å². The monoisotopic (exact) mass is 470 g/mol. The zero-order valence-corrected chi connectivity index (χ0v) is 20.8. The Kier molecular flexibility index (Phi) is 5.56. The molecule has 182 valence electrons. The van der Waals surface area contributed by atoms with Crippen molar-refractivity contribution in [3.63, 3.8) is 0 Å². The normalized spacial score (nSPS) is 20.9. The lowest BCUT2D eigenvalue weighted by molar-refractivity contribution is 0.465. The first-order valence-corrected chi connectivity index (χ1v) is 12.9. The molecule has 2 saturated carbocycles. The molecule has 6 rings (SSSR count). The van der Waals surface area contributed by atoms with E-state index in [1.54, 1.807) is 0 Å². The molecule has 2 aliphatic rings. The minimum atomic E-state index is 0.423. The van der Waals surface area contributed by atoms with Crippen molar-refractivity contribution in [1.82, 2.24) is 34.9 Å². The van der Waals surface area contributed by atoms with Gasteiger partial charge in [0.05, 0.1) is 17.6 Å². The summed E-state index contributed by atoms with van der Waals surface area (Å²) in [6.45, 7) is 4.02. The van der Waals surface area contributed by atoms with Crippen LogP contribution >= 0.6 is 0 Å². The third kappa shape index (κ3) is 3.99. The number of fused-ring (bicyclic) bond motifs is 1. The number of aryl methyl sites for hydroxylation is 2. The lowest BCUT2D eigenvalue weighted by Gasteiger charge is -2.23. The van der Waals surface area contributed by atoms with Crippen LogP contribution < -0.4 is 11.1 Å². The fourth-order valence-electron chi connectivity index (χ4n) is 5.58. The number of H-pyrrole nitrogens is 1. The molecular formula is C27H34N8. The van der Waals surface area contributed by atoms with Crippen LogP contribution in [0.4, 0.5) is 5.82 Å². The number of nitrogens with one attached hydrogen (secondary N) is 2. The maximum absolute atomic E-state index is 6.80. The number of nitrogens with two attached hydrogens (primary N) is 1. The Hall–Kier alpha value is -3.26. The quantitative estimate of drug-likeness (QED) is 0.358. The standard InChI is InChI=1S/C27H34N8/c1-15-16(2)33-26(32-15)22-11-10-19(13-30-22)21-14-31-35-25(28)23(17-8-9-17)24(34-27(21)35)18-6-4-5-7-20(12-18)29-3/h10-11,13-14,17-18,20,29H,4-9,12,28H2,1-3H3,(H,32,33)/t18-,20+/m0/s1. The molecule has 4 heterocycles. The summed E-state index contributed by atoms with van der Waals surface area (Å²) in [5, 5.41) is 8.19. The lowest BCUT2D eigenvalue weighted by atomic mass is 9.90. The zero-order chi connectivity index (χ0) is 24.1. The molecule has 2 aliphatic carbocycles. The van der Waals surface area contributed by atoms with Crippen LogP contribution in [0.1, 0.15) is 79.4 Å². The molecule has 0 aromatic carbocycles. The fourth-order valence-corrected chi connectivity index (χ4v) is 5.58. The van der Waals surface area contributed by atoms with Crippen molar-refractivity contribution in [2.24, 2.45) is 0 Å². The molecule has 8 nitrogen and oxygen atoms in total. The minimum Gasteiger partial charge on any atom is -0.383 e. The van der Waals surface area contributed by atoms with Gasteiger partial charge in [-0.3, -0.25) is 4.98 Å². The van der Waals surface area contributed by atoms with Gasteiger partial charge >= 0.3 is 0 Å². The van der Waals surface area contributed by atoms with Crippen LogP contribution in [0.25, 0.3) is 28.3 Å². The first-order valence-electron chi connectivity index (χ1n) is 12.9. The highest BCUT2D eigenvalue weighted by molar-refractivity contribution is 5.79. The SMILES string of the molecule is CN[C@@H]1CCCC[C@H](c2nc3c(-c4ccc(-c5nc(C)c(C)[nH]5)nc4)cnn3c(N)c2C2CC2)C1. The molecule has 2 atom stereocenters. The summed E-state index contributed by atoms with van der Waals surface area (Å²) in [6.07, 6.45) is 12.2. The van der Waals surface area contributed by atoms with Gasteiger partial charge in [-0.1, -0.05) is 18.9 Å². The first-order chi connectivity index (χ1) is 17.0. The van der Waals surface area contributed by atoms with E-state index in [0.717, 1.165) is 51.9 Å². The van der Waals surface area contributed by atoms with E-state index < -0.39 is 0 Å². The molecule has 0 bridgehead atoms. The number of nitrogen functional groups attached to an aromatic ring is 1. The zero-order valence-electron chi connectivity index (χ0n) is 20.8. The van der Waals surface area contributed by atoms with Gasteiger partial charge in [-0.2, -0.15) is 9.61 Å². The third-order valence-electron chi connectivity index (χ3n) is 7.90. The van der Waals surface area contributed by atoms with Crippen molar-refractivity contribution in [2.45, 2.75) is 76.7 Å². The number of aromatic amines is 1. The molecule has 8 heteroatoms. The number of anilines is 1. The number of rotatable bonds is 5. The third-order valence-corrected chi connectivity index (χ3v) is 7.90. The summed E-state index contributed by atoms with van der Waals surface area (Å²) in [5.74, 6) is 2.49. The summed E-state index contributed by atoms with van der Waals surface area (Å²) >= 11 is 0. The maximum Gasteiger partial charge on any atom is 0.165 e. The number of pyridine rings is 1. The van der Waals surface area contributed by atoms with Gasteiger partial charge in [0, 0.05) is 40.5 Å². The summed E-state index contributed by atoms with van der Waals surface area (Å²) in [6, 6.07) is 4.60. The van der Waals surface area contributed by atoms with Crippen LogP contribution in [0.15, 0.2) is 24.5 Å². The Morgan fingerprint density at radius 1 is 1.03 bits per heavy atom. The average Bonchev–Trinajstić information content (AvgIpc) is 3.58. The van der Waals surface area contributed by atoms with Crippen molar-refractivity contribution in [3.05, 3.63) is 47.2 Å². The molecule has 0 spiro atoms. The van der Waals surface area contributed by atoms with E-state index in [-0.39, 0.29) is 0 Å². The summed E-state index contributed by atoms with van der Waals surface area (Å²) in [5.41, 5.74) is 14.9. The number of imidazole rings is 1. The second-order valence-corrected chi connectivity index (χ2v) is 10.3. The van der Waals surface area contributed by atoms with E-state index in [2.05, 4.69) is 33.5 Å². The first kappa shape index (κ1) is 22.2. The maximum atomic E-state index is 6.80. The van der Waals surface area contributed by atoms with Gasteiger partial charge in [0.15, 0.2) is 11.5 Å². The van der Waals surface area contributed by atoms with Crippen LogP contribution in [-0.4, -0.2) is 42.6 Å². The van der Waals surface area contributed by atoms with Gasteiger partial charge in [-0.05, 0) is 65.0 Å². The largest absolute Gasteiger partial charge is 0.383 e. The second kappa shape index (κ2) is 8.75. The van der Waals surface area contributed by atoms with Crippen molar-refractivity contribution in [2.75, 3.05) is 12.8 Å². The minimum absolute atomic E-state index is 0.423. The van der Waals surface area contributed by atoms with Crippen molar-refractivity contribution in [1.29, 1.82) is 0 Å². The number of aromatic nitrogens is 6. The molecule has 35 heavy (non-hydrogen) atoms.